The predicted octanol–water partition coefficient (Wildman–Crippen LogP) is 4.33. The van der Waals surface area contributed by atoms with Crippen molar-refractivity contribution >= 4 is 62.4 Å². The number of benzene rings is 2. The van der Waals surface area contributed by atoms with Crippen molar-refractivity contribution in [2.75, 3.05) is 11.9 Å². The van der Waals surface area contributed by atoms with Crippen molar-refractivity contribution in [3.63, 3.8) is 0 Å². The number of amides is 1. The molecule has 0 atom stereocenters. The minimum Gasteiger partial charge on any atom is -0.492 e. The molecule has 1 amide bonds. The Labute approximate surface area is 168 Å². The van der Waals surface area contributed by atoms with E-state index in [4.69, 9.17) is 33.7 Å². The summed E-state index contributed by atoms with van der Waals surface area (Å²) < 4.78 is 5.92. The standard InChI is InChI=1S/C17H14BrClN2O4S/c1-2-25-14-6-4-9(7-12(14)19)15(22)21-17(26)20-13-8-10(16(23)24)3-5-11(13)18/h3-8H,2H2,1H3,(H,23,24)(H2,20,21,22,26). The number of halogens is 2. The van der Waals surface area contributed by atoms with Crippen LogP contribution in [0.5, 0.6) is 5.75 Å². The molecule has 0 spiro atoms. The molecule has 2 rings (SSSR count). The summed E-state index contributed by atoms with van der Waals surface area (Å²) in [6, 6.07) is 9.06. The summed E-state index contributed by atoms with van der Waals surface area (Å²) in [7, 11) is 0. The van der Waals surface area contributed by atoms with Gasteiger partial charge in [0.15, 0.2) is 5.11 Å². The number of carboxylic acid groups (broad SMARTS) is 1. The maximum Gasteiger partial charge on any atom is 0.335 e. The third-order valence-electron chi connectivity index (χ3n) is 3.18. The van der Waals surface area contributed by atoms with Crippen LogP contribution in [-0.2, 0) is 0 Å². The lowest BCUT2D eigenvalue weighted by atomic mass is 10.2. The molecule has 0 saturated carbocycles. The second-order valence-electron chi connectivity index (χ2n) is 4.99. The van der Waals surface area contributed by atoms with Gasteiger partial charge in [-0.2, -0.15) is 0 Å². The number of anilines is 1. The lowest BCUT2D eigenvalue weighted by molar-refractivity contribution is 0.0696. The molecule has 0 bridgehead atoms. The van der Waals surface area contributed by atoms with Crippen LogP contribution in [0.1, 0.15) is 27.6 Å². The number of nitrogens with one attached hydrogen (secondary N) is 2. The zero-order valence-corrected chi connectivity index (χ0v) is 16.7. The zero-order chi connectivity index (χ0) is 19.3. The number of hydrogen-bond donors (Lipinski definition) is 3. The van der Waals surface area contributed by atoms with E-state index in [1.807, 2.05) is 6.92 Å². The first-order valence-corrected chi connectivity index (χ1v) is 8.97. The van der Waals surface area contributed by atoms with E-state index < -0.39 is 11.9 Å². The molecular formula is C17H14BrClN2O4S. The number of aromatic carboxylic acids is 1. The van der Waals surface area contributed by atoms with Crippen molar-refractivity contribution in [3.05, 3.63) is 57.0 Å². The van der Waals surface area contributed by atoms with E-state index >= 15 is 0 Å². The van der Waals surface area contributed by atoms with Crippen molar-refractivity contribution in [1.29, 1.82) is 0 Å². The monoisotopic (exact) mass is 456 g/mol. The molecule has 3 N–H and O–H groups in total. The lowest BCUT2D eigenvalue weighted by Gasteiger charge is -2.12. The summed E-state index contributed by atoms with van der Waals surface area (Å²) in [6.07, 6.45) is 0. The Balaban J connectivity index is 2.08. The molecule has 2 aromatic carbocycles. The zero-order valence-electron chi connectivity index (χ0n) is 13.5. The molecule has 0 saturated heterocycles. The van der Waals surface area contributed by atoms with Crippen LogP contribution in [0.25, 0.3) is 0 Å². The van der Waals surface area contributed by atoms with Gasteiger partial charge in [-0.15, -0.1) is 0 Å². The molecule has 26 heavy (non-hydrogen) atoms. The summed E-state index contributed by atoms with van der Waals surface area (Å²) in [5.41, 5.74) is 0.809. The smallest absolute Gasteiger partial charge is 0.335 e. The number of carbonyl (C=O) groups excluding carboxylic acids is 1. The fourth-order valence-corrected chi connectivity index (χ4v) is 2.78. The molecule has 6 nitrogen and oxygen atoms in total. The summed E-state index contributed by atoms with van der Waals surface area (Å²) in [5.74, 6) is -1.04. The third kappa shape index (κ3) is 5.17. The number of carboxylic acids is 1. The van der Waals surface area contributed by atoms with E-state index in [1.165, 1.54) is 18.2 Å². The Hall–Kier alpha value is -2.16. The van der Waals surface area contributed by atoms with E-state index in [9.17, 15) is 9.59 Å². The van der Waals surface area contributed by atoms with E-state index in [0.717, 1.165) is 0 Å². The lowest BCUT2D eigenvalue weighted by Crippen LogP contribution is -2.34. The van der Waals surface area contributed by atoms with Gasteiger partial charge in [-0.3, -0.25) is 10.1 Å². The van der Waals surface area contributed by atoms with Gasteiger partial charge in [0, 0.05) is 10.0 Å². The van der Waals surface area contributed by atoms with Gasteiger partial charge in [-0.25, -0.2) is 4.79 Å². The molecule has 0 aliphatic carbocycles. The molecule has 0 aliphatic rings. The molecular weight excluding hydrogens is 444 g/mol. The average molecular weight is 458 g/mol. The van der Waals surface area contributed by atoms with Crippen LogP contribution in [0.15, 0.2) is 40.9 Å². The second-order valence-corrected chi connectivity index (χ2v) is 6.66. The van der Waals surface area contributed by atoms with Gasteiger partial charge in [0.05, 0.1) is 22.9 Å². The van der Waals surface area contributed by atoms with Crippen molar-refractivity contribution < 1.29 is 19.4 Å². The van der Waals surface area contributed by atoms with Crippen molar-refractivity contribution in [3.8, 4) is 5.75 Å². The second kappa shape index (κ2) is 8.98. The summed E-state index contributed by atoms with van der Waals surface area (Å²) >= 11 is 14.5. The average Bonchev–Trinajstić information content (AvgIpc) is 2.58. The molecule has 0 unspecified atom stereocenters. The highest BCUT2D eigenvalue weighted by Crippen LogP contribution is 2.26. The summed E-state index contributed by atoms with van der Waals surface area (Å²) in [4.78, 5) is 23.3. The van der Waals surface area contributed by atoms with Crippen LogP contribution >= 0.6 is 39.7 Å². The number of thiocarbonyl (C=S) groups is 1. The maximum absolute atomic E-state index is 12.3. The number of carbonyl (C=O) groups is 2. The molecule has 0 heterocycles. The summed E-state index contributed by atoms with van der Waals surface area (Å²) in [6.45, 7) is 2.29. The maximum atomic E-state index is 12.3. The Bertz CT molecular complexity index is 876. The molecule has 9 heteroatoms. The fraction of sp³-hybridized carbons (Fsp3) is 0.118. The highest BCUT2D eigenvalue weighted by molar-refractivity contribution is 9.10. The molecule has 0 radical (unpaired) electrons. The third-order valence-corrected chi connectivity index (χ3v) is 4.37. The fourth-order valence-electron chi connectivity index (χ4n) is 2.00. The molecule has 0 fully saturated rings. The Morgan fingerprint density at radius 1 is 1.23 bits per heavy atom. The largest absolute Gasteiger partial charge is 0.492 e. The van der Waals surface area contributed by atoms with Crippen molar-refractivity contribution in [2.24, 2.45) is 0 Å². The molecule has 0 aliphatic heterocycles. The minimum atomic E-state index is -1.07. The summed E-state index contributed by atoms with van der Waals surface area (Å²) in [5, 5.41) is 14.7. The number of rotatable bonds is 5. The van der Waals surface area contributed by atoms with Crippen LogP contribution in [-0.4, -0.2) is 28.7 Å². The van der Waals surface area contributed by atoms with Crippen LogP contribution in [0.3, 0.4) is 0 Å². The quantitative estimate of drug-likeness (QED) is 0.579. The van der Waals surface area contributed by atoms with Crippen molar-refractivity contribution in [1.82, 2.24) is 5.32 Å². The highest BCUT2D eigenvalue weighted by atomic mass is 79.9. The Kier molecular flexibility index (Phi) is 6.96. The molecule has 136 valence electrons. The molecule has 2 aromatic rings. The minimum absolute atomic E-state index is 0.0169. The van der Waals surface area contributed by atoms with Crippen LogP contribution < -0.4 is 15.4 Å². The Morgan fingerprint density at radius 3 is 2.54 bits per heavy atom. The van der Waals surface area contributed by atoms with E-state index in [2.05, 4.69) is 26.6 Å². The van der Waals surface area contributed by atoms with Gasteiger partial charge in [-0.1, -0.05) is 11.6 Å². The SMILES string of the molecule is CCOc1ccc(C(=O)NC(=S)Nc2cc(C(=O)O)ccc2Br)cc1Cl. The van der Waals surface area contributed by atoms with Gasteiger partial charge < -0.3 is 15.2 Å². The van der Waals surface area contributed by atoms with Gasteiger partial charge in [0.25, 0.3) is 5.91 Å². The van der Waals surface area contributed by atoms with Gasteiger partial charge in [0.1, 0.15) is 5.75 Å². The molecule has 0 aromatic heterocycles. The van der Waals surface area contributed by atoms with E-state index in [0.29, 0.717) is 33.1 Å². The predicted molar refractivity (Wildman–Crippen MR) is 107 cm³/mol. The van der Waals surface area contributed by atoms with E-state index in [1.54, 1.807) is 18.2 Å². The highest BCUT2D eigenvalue weighted by Gasteiger charge is 2.13. The first-order chi connectivity index (χ1) is 12.3. The van der Waals surface area contributed by atoms with Gasteiger partial charge >= 0.3 is 5.97 Å². The number of ether oxygens (including phenoxy) is 1. The topological polar surface area (TPSA) is 87.7 Å². The normalized spacial score (nSPS) is 10.1. The van der Waals surface area contributed by atoms with Gasteiger partial charge in [0.2, 0.25) is 0 Å². The van der Waals surface area contributed by atoms with Crippen LogP contribution in [0, 0.1) is 0 Å². The van der Waals surface area contributed by atoms with Crippen LogP contribution in [0.2, 0.25) is 5.02 Å². The van der Waals surface area contributed by atoms with E-state index in [-0.39, 0.29) is 10.7 Å². The van der Waals surface area contributed by atoms with Crippen LogP contribution in [0.4, 0.5) is 5.69 Å². The first-order valence-electron chi connectivity index (χ1n) is 7.39. The Morgan fingerprint density at radius 2 is 1.92 bits per heavy atom. The first kappa shape index (κ1) is 20.2. The van der Waals surface area contributed by atoms with Crippen molar-refractivity contribution in [2.45, 2.75) is 6.92 Å². The number of hydrogen-bond acceptors (Lipinski definition) is 4. The van der Waals surface area contributed by atoms with Gasteiger partial charge in [-0.05, 0) is 71.5 Å².